The first-order chi connectivity index (χ1) is 12.0. The van der Waals surface area contributed by atoms with Crippen molar-refractivity contribution in [3.8, 4) is 11.3 Å². The van der Waals surface area contributed by atoms with E-state index < -0.39 is 0 Å². The maximum absolute atomic E-state index is 13.2. The van der Waals surface area contributed by atoms with Crippen LogP contribution in [0.1, 0.15) is 50.7 Å². The largest absolute Gasteiger partial charge is 0.319 e. The number of carbonyl (C=O) groups excluding carboxylic acids is 1. The summed E-state index contributed by atoms with van der Waals surface area (Å²) in [6.07, 6.45) is 7.82. The minimum Gasteiger partial charge on any atom is -0.319 e. The molecule has 7 heteroatoms. The van der Waals surface area contributed by atoms with E-state index in [0.29, 0.717) is 5.92 Å². The summed E-state index contributed by atoms with van der Waals surface area (Å²) in [5.41, 5.74) is 1.58. The molecule has 1 atom stereocenters. The van der Waals surface area contributed by atoms with E-state index in [0.717, 1.165) is 48.5 Å². The van der Waals surface area contributed by atoms with Crippen LogP contribution >= 0.6 is 11.3 Å². The lowest BCUT2D eigenvalue weighted by molar-refractivity contribution is -0.133. The third kappa shape index (κ3) is 2.89. The van der Waals surface area contributed by atoms with Crippen LogP contribution in [-0.2, 0) is 11.8 Å². The van der Waals surface area contributed by atoms with Gasteiger partial charge in [0, 0.05) is 30.7 Å². The molecular formula is C18H25N5OS. The number of thiazole rings is 1. The summed E-state index contributed by atoms with van der Waals surface area (Å²) < 4.78 is 1.78. The Morgan fingerprint density at radius 2 is 2.16 bits per heavy atom. The van der Waals surface area contributed by atoms with Crippen LogP contribution in [0.3, 0.4) is 0 Å². The molecule has 1 N–H and O–H groups in total. The second-order valence-electron chi connectivity index (χ2n) is 7.66. The Hall–Kier alpha value is -1.73. The molecule has 0 radical (unpaired) electrons. The minimum atomic E-state index is -0.361. The zero-order chi connectivity index (χ0) is 17.6. The van der Waals surface area contributed by atoms with Crippen molar-refractivity contribution in [2.24, 2.45) is 13.0 Å². The summed E-state index contributed by atoms with van der Waals surface area (Å²) in [7, 11) is 1.90. The van der Waals surface area contributed by atoms with E-state index in [1.165, 1.54) is 0 Å². The Balaban J connectivity index is 1.65. The Kier molecular flexibility index (Phi) is 4.16. The number of aryl methyl sites for hydroxylation is 1. The standard InChI is InChI=1S/C18H25N5OS/c1-12(2)9-23-15(21-18(17(23)24)6-4-5-7-18)16-20-14(11-25-16)13-8-19-22(3)10-13/h8,10-12,15,21H,4-7,9H2,1-3H3. The lowest BCUT2D eigenvalue weighted by atomic mass is 9.98. The summed E-state index contributed by atoms with van der Waals surface area (Å²) in [4.78, 5) is 20.0. The monoisotopic (exact) mass is 359 g/mol. The number of carbonyl (C=O) groups is 1. The van der Waals surface area contributed by atoms with Gasteiger partial charge in [0.15, 0.2) is 0 Å². The molecule has 1 unspecified atom stereocenters. The second kappa shape index (κ2) is 6.21. The van der Waals surface area contributed by atoms with E-state index in [2.05, 4.69) is 29.6 Å². The molecule has 1 saturated carbocycles. The van der Waals surface area contributed by atoms with Gasteiger partial charge in [0.25, 0.3) is 0 Å². The molecule has 2 fully saturated rings. The maximum Gasteiger partial charge on any atom is 0.244 e. The van der Waals surface area contributed by atoms with Gasteiger partial charge >= 0.3 is 0 Å². The summed E-state index contributed by atoms with van der Waals surface area (Å²) in [5, 5.41) is 10.9. The van der Waals surface area contributed by atoms with Crippen molar-refractivity contribution < 1.29 is 4.79 Å². The molecule has 0 aromatic carbocycles. The molecule has 3 heterocycles. The van der Waals surface area contributed by atoms with Crippen molar-refractivity contribution in [1.29, 1.82) is 0 Å². The maximum atomic E-state index is 13.2. The Bertz CT molecular complexity index is 774. The van der Waals surface area contributed by atoms with Gasteiger partial charge in [0.05, 0.1) is 17.4 Å². The van der Waals surface area contributed by atoms with E-state index in [9.17, 15) is 4.79 Å². The fourth-order valence-electron chi connectivity index (χ4n) is 4.01. The molecule has 25 heavy (non-hydrogen) atoms. The molecule has 1 amide bonds. The Labute approximate surface area is 152 Å². The van der Waals surface area contributed by atoms with E-state index >= 15 is 0 Å². The molecule has 2 aromatic heterocycles. The molecule has 1 aliphatic carbocycles. The second-order valence-corrected chi connectivity index (χ2v) is 8.55. The number of hydrogen-bond acceptors (Lipinski definition) is 5. The van der Waals surface area contributed by atoms with Crippen molar-refractivity contribution >= 4 is 17.2 Å². The van der Waals surface area contributed by atoms with Crippen LogP contribution in [-0.4, -0.2) is 37.7 Å². The van der Waals surface area contributed by atoms with Gasteiger partial charge in [-0.3, -0.25) is 14.8 Å². The van der Waals surface area contributed by atoms with Crippen LogP contribution in [0.4, 0.5) is 0 Å². The molecule has 134 valence electrons. The number of aromatic nitrogens is 3. The first-order valence-electron chi connectivity index (χ1n) is 9.02. The summed E-state index contributed by atoms with van der Waals surface area (Å²) in [6.45, 7) is 5.08. The molecular weight excluding hydrogens is 334 g/mol. The van der Waals surface area contributed by atoms with Crippen molar-refractivity contribution in [3.63, 3.8) is 0 Å². The number of hydrogen-bond donors (Lipinski definition) is 1. The van der Waals surface area contributed by atoms with Crippen molar-refractivity contribution in [2.75, 3.05) is 6.54 Å². The van der Waals surface area contributed by atoms with Gasteiger partial charge in [0.1, 0.15) is 11.2 Å². The van der Waals surface area contributed by atoms with Crippen LogP contribution in [0.15, 0.2) is 17.8 Å². The summed E-state index contributed by atoms with van der Waals surface area (Å²) in [5.74, 6) is 0.699. The highest BCUT2D eigenvalue weighted by atomic mass is 32.1. The average molecular weight is 359 g/mol. The molecule has 0 bridgehead atoms. The smallest absolute Gasteiger partial charge is 0.244 e. The molecule has 2 aromatic rings. The summed E-state index contributed by atoms with van der Waals surface area (Å²) in [6, 6.07) is 0. The molecule has 4 rings (SSSR count). The quantitative estimate of drug-likeness (QED) is 0.912. The Morgan fingerprint density at radius 3 is 2.80 bits per heavy atom. The zero-order valence-corrected chi connectivity index (χ0v) is 15.8. The normalized spacial score (nSPS) is 22.6. The van der Waals surface area contributed by atoms with Gasteiger partial charge in [-0.2, -0.15) is 5.10 Å². The predicted octanol–water partition coefficient (Wildman–Crippen LogP) is 2.94. The van der Waals surface area contributed by atoms with Gasteiger partial charge in [-0.05, 0) is 18.8 Å². The minimum absolute atomic E-state index is 0.108. The van der Waals surface area contributed by atoms with Crippen LogP contribution in [0, 0.1) is 5.92 Å². The van der Waals surface area contributed by atoms with Gasteiger partial charge in [-0.1, -0.05) is 26.7 Å². The van der Waals surface area contributed by atoms with Gasteiger partial charge in [-0.15, -0.1) is 11.3 Å². The average Bonchev–Trinajstić information content (AvgIpc) is 3.32. The van der Waals surface area contributed by atoms with Crippen LogP contribution < -0.4 is 5.32 Å². The van der Waals surface area contributed by atoms with Gasteiger partial charge < -0.3 is 4.90 Å². The first kappa shape index (κ1) is 16.7. The molecule has 1 aliphatic heterocycles. The SMILES string of the molecule is CC(C)CN1C(=O)C2(CCCC2)NC1c1nc(-c2cnn(C)c2)cs1. The Morgan fingerprint density at radius 1 is 1.40 bits per heavy atom. The van der Waals surface area contributed by atoms with Crippen LogP contribution in [0.25, 0.3) is 11.3 Å². The van der Waals surface area contributed by atoms with E-state index in [1.807, 2.05) is 24.3 Å². The summed E-state index contributed by atoms with van der Waals surface area (Å²) >= 11 is 1.62. The van der Waals surface area contributed by atoms with E-state index in [-0.39, 0.29) is 17.6 Å². The van der Waals surface area contributed by atoms with Gasteiger partial charge in [-0.25, -0.2) is 4.98 Å². The van der Waals surface area contributed by atoms with Gasteiger partial charge in [0.2, 0.25) is 5.91 Å². The fraction of sp³-hybridized carbons (Fsp3) is 0.611. The highest BCUT2D eigenvalue weighted by molar-refractivity contribution is 7.10. The molecule has 1 spiro atoms. The fourth-order valence-corrected chi connectivity index (χ4v) is 4.89. The van der Waals surface area contributed by atoms with Crippen LogP contribution in [0.5, 0.6) is 0 Å². The number of amides is 1. The molecule has 1 saturated heterocycles. The van der Waals surface area contributed by atoms with E-state index in [4.69, 9.17) is 4.98 Å². The lowest BCUT2D eigenvalue weighted by Crippen LogP contribution is -2.44. The highest BCUT2D eigenvalue weighted by Gasteiger charge is 2.53. The lowest BCUT2D eigenvalue weighted by Gasteiger charge is -2.24. The molecule has 6 nitrogen and oxygen atoms in total. The van der Waals surface area contributed by atoms with Crippen LogP contribution in [0.2, 0.25) is 0 Å². The highest BCUT2D eigenvalue weighted by Crippen LogP contribution is 2.42. The predicted molar refractivity (Wildman–Crippen MR) is 97.9 cm³/mol. The third-order valence-electron chi connectivity index (χ3n) is 5.17. The van der Waals surface area contributed by atoms with Crippen molar-refractivity contribution in [2.45, 2.75) is 51.2 Å². The number of nitrogens with one attached hydrogen (secondary N) is 1. The van der Waals surface area contributed by atoms with Crippen molar-refractivity contribution in [1.82, 2.24) is 25.0 Å². The molecule has 2 aliphatic rings. The number of nitrogens with zero attached hydrogens (tertiary/aromatic N) is 4. The zero-order valence-electron chi connectivity index (χ0n) is 15.0. The number of rotatable bonds is 4. The topological polar surface area (TPSA) is 63.1 Å². The first-order valence-corrected chi connectivity index (χ1v) is 9.90. The van der Waals surface area contributed by atoms with Crippen molar-refractivity contribution in [3.05, 3.63) is 22.8 Å². The van der Waals surface area contributed by atoms with E-state index in [1.54, 1.807) is 16.0 Å². The third-order valence-corrected chi connectivity index (χ3v) is 6.07.